The molecule has 4 atom stereocenters. The summed E-state index contributed by atoms with van der Waals surface area (Å²) >= 11 is 3.20. The van der Waals surface area contributed by atoms with Crippen LogP contribution in [-0.4, -0.2) is 84.4 Å². The molecule has 2 aliphatic heterocycles. The number of nitrogens with zero attached hydrogens (tertiary/aromatic N) is 1. The first-order valence-electron chi connectivity index (χ1n) is 11.4. The molecule has 0 unspecified atom stereocenters. The molecule has 11 heteroatoms. The van der Waals surface area contributed by atoms with E-state index in [4.69, 9.17) is 24.1 Å². The molecule has 0 spiro atoms. The van der Waals surface area contributed by atoms with Crippen LogP contribution in [0.1, 0.15) is 31.4 Å². The standard InChI is InChI=1S/C24H30BrNO9/c1-16(22(29)26-18(15-34-23(26)30)17-6-3-2-4-7-17)21-19(28)14-20(25)24(31,35-21)8-5-10-32-12-13-33-11-9-27/h2-4,6-7,14,16,18,21,27,31H,5,8-13,15H2,1H3/t16-,18+,21+,24+/m1/s1. The van der Waals surface area contributed by atoms with Crippen molar-refractivity contribution in [2.45, 2.75) is 37.7 Å². The van der Waals surface area contributed by atoms with Crippen molar-refractivity contribution in [3.05, 3.63) is 46.5 Å². The average molecular weight is 556 g/mol. The Bertz CT molecular complexity index is 925. The lowest BCUT2D eigenvalue weighted by Gasteiger charge is -2.37. The highest BCUT2D eigenvalue weighted by atomic mass is 79.9. The average Bonchev–Trinajstić information content (AvgIpc) is 3.24. The molecule has 2 aliphatic rings. The van der Waals surface area contributed by atoms with Crippen molar-refractivity contribution in [2.75, 3.05) is 39.6 Å². The number of carbonyl (C=O) groups is 3. The van der Waals surface area contributed by atoms with E-state index in [9.17, 15) is 19.5 Å². The first-order valence-corrected chi connectivity index (χ1v) is 12.2. The van der Waals surface area contributed by atoms with Gasteiger partial charge < -0.3 is 29.2 Å². The highest BCUT2D eigenvalue weighted by Gasteiger charge is 2.48. The van der Waals surface area contributed by atoms with Gasteiger partial charge in [-0.05, 0) is 34.0 Å². The Morgan fingerprint density at radius 1 is 1.20 bits per heavy atom. The number of hydrogen-bond donors (Lipinski definition) is 2. The monoisotopic (exact) mass is 555 g/mol. The van der Waals surface area contributed by atoms with Crippen LogP contribution in [-0.2, 0) is 28.5 Å². The van der Waals surface area contributed by atoms with Gasteiger partial charge in [0.15, 0.2) is 11.6 Å². The number of halogens is 1. The summed E-state index contributed by atoms with van der Waals surface area (Å²) in [6.07, 6.45) is -0.363. The lowest BCUT2D eigenvalue weighted by molar-refractivity contribution is -0.217. The van der Waals surface area contributed by atoms with Crippen LogP contribution in [0.4, 0.5) is 4.79 Å². The summed E-state index contributed by atoms with van der Waals surface area (Å²) < 4.78 is 21.6. The maximum absolute atomic E-state index is 13.3. The molecular weight excluding hydrogens is 526 g/mol. The third kappa shape index (κ3) is 6.75. The van der Waals surface area contributed by atoms with Crippen LogP contribution >= 0.6 is 15.9 Å². The highest BCUT2D eigenvalue weighted by Crippen LogP contribution is 2.37. The van der Waals surface area contributed by atoms with E-state index in [1.165, 1.54) is 13.0 Å². The number of aliphatic hydroxyl groups excluding tert-OH is 1. The van der Waals surface area contributed by atoms with E-state index in [0.717, 1.165) is 10.5 Å². The van der Waals surface area contributed by atoms with Crippen molar-refractivity contribution in [3.8, 4) is 0 Å². The fourth-order valence-corrected chi connectivity index (χ4v) is 4.42. The molecule has 0 saturated carbocycles. The minimum Gasteiger partial charge on any atom is -0.446 e. The number of aliphatic hydroxyl groups is 2. The quantitative estimate of drug-likeness (QED) is 0.372. The molecule has 10 nitrogen and oxygen atoms in total. The number of carbonyl (C=O) groups excluding carboxylic acids is 3. The van der Waals surface area contributed by atoms with Gasteiger partial charge in [0.1, 0.15) is 18.8 Å². The number of benzene rings is 1. The Labute approximate surface area is 211 Å². The number of ether oxygens (including phenoxy) is 4. The zero-order valence-corrected chi connectivity index (χ0v) is 21.0. The molecule has 2 amide bonds. The molecule has 1 aromatic rings. The Kier molecular flexibility index (Phi) is 9.96. The molecule has 0 bridgehead atoms. The predicted molar refractivity (Wildman–Crippen MR) is 126 cm³/mol. The smallest absolute Gasteiger partial charge is 0.417 e. The lowest BCUT2D eigenvalue weighted by atomic mass is 9.93. The highest BCUT2D eigenvalue weighted by molar-refractivity contribution is 9.11. The fourth-order valence-electron chi connectivity index (χ4n) is 3.91. The SMILES string of the molecule is C[C@@H](C(=O)N1C(=O)OC[C@H]1c1ccccc1)[C@@H]1O[C@@](O)(CCCOCCOCCO)C(Br)=CC1=O. The van der Waals surface area contributed by atoms with E-state index in [-0.39, 0.29) is 30.7 Å². The molecule has 0 radical (unpaired) electrons. The first kappa shape index (κ1) is 27.4. The fraction of sp³-hybridized carbons (Fsp3) is 0.542. The molecule has 2 heterocycles. The number of rotatable bonds is 12. The van der Waals surface area contributed by atoms with Crippen LogP contribution in [0.3, 0.4) is 0 Å². The van der Waals surface area contributed by atoms with Gasteiger partial charge in [0.25, 0.3) is 0 Å². The normalized spacial score (nSPS) is 25.4. The van der Waals surface area contributed by atoms with Crippen molar-refractivity contribution in [3.63, 3.8) is 0 Å². The number of cyclic esters (lactones) is 1. The molecule has 192 valence electrons. The summed E-state index contributed by atoms with van der Waals surface area (Å²) in [6, 6.07) is 8.39. The molecule has 0 aromatic heterocycles. The van der Waals surface area contributed by atoms with Gasteiger partial charge >= 0.3 is 6.09 Å². The maximum Gasteiger partial charge on any atom is 0.417 e. The largest absolute Gasteiger partial charge is 0.446 e. The molecule has 2 N–H and O–H groups in total. The summed E-state index contributed by atoms with van der Waals surface area (Å²) in [5.74, 6) is -4.00. The minimum atomic E-state index is -1.83. The Hall–Kier alpha value is -2.15. The van der Waals surface area contributed by atoms with Crippen molar-refractivity contribution < 1.29 is 43.5 Å². The van der Waals surface area contributed by atoms with Gasteiger partial charge in [-0.25, -0.2) is 9.69 Å². The second-order valence-electron chi connectivity index (χ2n) is 8.27. The van der Waals surface area contributed by atoms with Crippen LogP contribution in [0.2, 0.25) is 0 Å². The first-order chi connectivity index (χ1) is 16.8. The van der Waals surface area contributed by atoms with E-state index in [1.54, 1.807) is 24.3 Å². The summed E-state index contributed by atoms with van der Waals surface area (Å²) in [5.41, 5.74) is 0.732. The van der Waals surface area contributed by atoms with Crippen LogP contribution in [0.5, 0.6) is 0 Å². The van der Waals surface area contributed by atoms with Crippen LogP contribution in [0, 0.1) is 5.92 Å². The van der Waals surface area contributed by atoms with Crippen LogP contribution in [0.15, 0.2) is 40.9 Å². The second-order valence-corrected chi connectivity index (χ2v) is 9.12. The van der Waals surface area contributed by atoms with E-state index in [0.29, 0.717) is 26.2 Å². The van der Waals surface area contributed by atoms with E-state index < -0.39 is 41.6 Å². The predicted octanol–water partition coefficient (Wildman–Crippen LogP) is 2.08. The molecule has 1 saturated heterocycles. The van der Waals surface area contributed by atoms with Gasteiger partial charge in [-0.1, -0.05) is 37.3 Å². The summed E-state index contributed by atoms with van der Waals surface area (Å²) in [4.78, 5) is 39.4. The van der Waals surface area contributed by atoms with Gasteiger partial charge in [-0.2, -0.15) is 0 Å². The Morgan fingerprint density at radius 3 is 2.57 bits per heavy atom. The summed E-state index contributed by atoms with van der Waals surface area (Å²) in [5, 5.41) is 19.7. The number of imide groups is 1. The topological polar surface area (TPSA) is 132 Å². The van der Waals surface area contributed by atoms with Crippen LogP contribution < -0.4 is 0 Å². The third-order valence-corrected chi connectivity index (χ3v) is 6.64. The van der Waals surface area contributed by atoms with Gasteiger partial charge in [0, 0.05) is 13.0 Å². The summed E-state index contributed by atoms with van der Waals surface area (Å²) in [6.45, 7) is 2.66. The molecule has 1 fully saturated rings. The molecular formula is C24H30BrNO9. The van der Waals surface area contributed by atoms with E-state index >= 15 is 0 Å². The minimum absolute atomic E-state index is 0.0151. The second kappa shape index (κ2) is 12.7. The van der Waals surface area contributed by atoms with Crippen molar-refractivity contribution in [1.29, 1.82) is 0 Å². The van der Waals surface area contributed by atoms with Crippen LogP contribution in [0.25, 0.3) is 0 Å². The van der Waals surface area contributed by atoms with Gasteiger partial charge in [-0.15, -0.1) is 0 Å². The molecule has 1 aromatic carbocycles. The van der Waals surface area contributed by atoms with E-state index in [2.05, 4.69) is 15.9 Å². The molecule has 0 aliphatic carbocycles. The zero-order valence-electron chi connectivity index (χ0n) is 19.4. The number of hydrogen-bond acceptors (Lipinski definition) is 9. The lowest BCUT2D eigenvalue weighted by Crippen LogP contribution is -2.51. The zero-order chi connectivity index (χ0) is 25.4. The van der Waals surface area contributed by atoms with Gasteiger partial charge in [0.05, 0.1) is 36.8 Å². The van der Waals surface area contributed by atoms with Crippen molar-refractivity contribution in [1.82, 2.24) is 4.90 Å². The number of amides is 2. The van der Waals surface area contributed by atoms with Crippen molar-refractivity contribution >= 4 is 33.7 Å². The molecule has 35 heavy (non-hydrogen) atoms. The van der Waals surface area contributed by atoms with Gasteiger partial charge in [0.2, 0.25) is 5.91 Å². The van der Waals surface area contributed by atoms with E-state index in [1.807, 2.05) is 6.07 Å². The summed E-state index contributed by atoms with van der Waals surface area (Å²) in [7, 11) is 0. The van der Waals surface area contributed by atoms with Gasteiger partial charge in [-0.3, -0.25) is 9.59 Å². The Balaban J connectivity index is 1.62. The third-order valence-electron chi connectivity index (χ3n) is 5.79. The number of ketones is 1. The maximum atomic E-state index is 13.3. The Morgan fingerprint density at radius 2 is 1.89 bits per heavy atom. The van der Waals surface area contributed by atoms with Crippen molar-refractivity contribution in [2.24, 2.45) is 5.92 Å². The molecule has 3 rings (SSSR count).